The van der Waals surface area contributed by atoms with Gasteiger partial charge in [-0.15, -0.1) is 0 Å². The van der Waals surface area contributed by atoms with E-state index in [1.165, 1.54) is 19.5 Å². The molecule has 0 aromatic rings. The maximum atomic E-state index is 5.62. The van der Waals surface area contributed by atoms with E-state index in [9.17, 15) is 0 Å². The van der Waals surface area contributed by atoms with Crippen molar-refractivity contribution in [1.29, 1.82) is 0 Å². The van der Waals surface area contributed by atoms with Crippen molar-refractivity contribution in [1.82, 2.24) is 10.2 Å². The van der Waals surface area contributed by atoms with Gasteiger partial charge in [0.2, 0.25) is 0 Å². The standard InChI is InChI=1S/C13H28N2O/c1-5-16-13(4)10-15-7-6-12(3)14-8-11(2)9-15/h11-14H,5-10H2,1-4H3. The van der Waals surface area contributed by atoms with Crippen LogP contribution in [0.3, 0.4) is 0 Å². The molecule has 1 N–H and O–H groups in total. The molecule has 0 spiro atoms. The lowest BCUT2D eigenvalue weighted by atomic mass is 10.1. The van der Waals surface area contributed by atoms with Crippen LogP contribution in [-0.2, 0) is 4.74 Å². The van der Waals surface area contributed by atoms with E-state index >= 15 is 0 Å². The summed E-state index contributed by atoms with van der Waals surface area (Å²) in [6.07, 6.45) is 1.60. The molecule has 1 rings (SSSR count). The Morgan fingerprint density at radius 2 is 2.19 bits per heavy atom. The third-order valence-electron chi connectivity index (χ3n) is 3.23. The molecule has 3 unspecified atom stereocenters. The van der Waals surface area contributed by atoms with Crippen molar-refractivity contribution in [3.63, 3.8) is 0 Å². The predicted octanol–water partition coefficient (Wildman–Crippen LogP) is 1.73. The molecular weight excluding hydrogens is 200 g/mol. The van der Waals surface area contributed by atoms with Crippen molar-refractivity contribution in [2.75, 3.05) is 32.8 Å². The Morgan fingerprint density at radius 1 is 1.44 bits per heavy atom. The van der Waals surface area contributed by atoms with Crippen molar-refractivity contribution in [3.05, 3.63) is 0 Å². The van der Waals surface area contributed by atoms with Crippen LogP contribution in [0.5, 0.6) is 0 Å². The van der Waals surface area contributed by atoms with Crippen LogP contribution in [0.1, 0.15) is 34.1 Å². The van der Waals surface area contributed by atoms with Crippen LogP contribution >= 0.6 is 0 Å². The van der Waals surface area contributed by atoms with Gasteiger partial charge < -0.3 is 15.0 Å². The number of ether oxygens (including phenoxy) is 1. The molecule has 1 heterocycles. The number of nitrogens with one attached hydrogen (secondary N) is 1. The summed E-state index contributed by atoms with van der Waals surface area (Å²) in [5, 5.41) is 3.58. The van der Waals surface area contributed by atoms with Crippen LogP contribution in [0.2, 0.25) is 0 Å². The minimum atomic E-state index is 0.361. The summed E-state index contributed by atoms with van der Waals surface area (Å²) < 4.78 is 5.62. The average molecular weight is 228 g/mol. The Hall–Kier alpha value is -0.120. The highest BCUT2D eigenvalue weighted by atomic mass is 16.5. The fourth-order valence-corrected chi connectivity index (χ4v) is 2.34. The van der Waals surface area contributed by atoms with Crippen molar-refractivity contribution < 1.29 is 4.74 Å². The molecule has 3 atom stereocenters. The Kier molecular flexibility index (Phi) is 6.32. The van der Waals surface area contributed by atoms with Crippen molar-refractivity contribution in [3.8, 4) is 0 Å². The summed E-state index contributed by atoms with van der Waals surface area (Å²) in [5.74, 6) is 0.733. The minimum absolute atomic E-state index is 0.361. The average Bonchev–Trinajstić information content (AvgIpc) is 2.21. The van der Waals surface area contributed by atoms with Gasteiger partial charge >= 0.3 is 0 Å². The Morgan fingerprint density at radius 3 is 2.88 bits per heavy atom. The van der Waals surface area contributed by atoms with E-state index in [1.807, 2.05) is 0 Å². The second-order valence-electron chi connectivity index (χ2n) is 5.23. The van der Waals surface area contributed by atoms with E-state index in [-0.39, 0.29) is 0 Å². The SMILES string of the molecule is CCOC(C)CN1CCC(C)NCC(C)C1. The molecule has 0 radical (unpaired) electrons. The Labute approximate surface area is 101 Å². The van der Waals surface area contributed by atoms with E-state index in [4.69, 9.17) is 4.74 Å². The Balaban J connectivity index is 2.37. The topological polar surface area (TPSA) is 24.5 Å². The summed E-state index contributed by atoms with van der Waals surface area (Å²) in [5.41, 5.74) is 0. The predicted molar refractivity (Wildman–Crippen MR) is 68.8 cm³/mol. The normalized spacial score (nSPS) is 30.8. The monoisotopic (exact) mass is 228 g/mol. The summed E-state index contributed by atoms with van der Waals surface area (Å²) in [4.78, 5) is 2.56. The third kappa shape index (κ3) is 5.28. The quantitative estimate of drug-likeness (QED) is 0.793. The van der Waals surface area contributed by atoms with Gasteiger partial charge in [0, 0.05) is 25.7 Å². The van der Waals surface area contributed by atoms with Crippen LogP contribution < -0.4 is 5.32 Å². The highest BCUT2D eigenvalue weighted by Crippen LogP contribution is 2.08. The maximum absolute atomic E-state index is 5.62. The fourth-order valence-electron chi connectivity index (χ4n) is 2.34. The molecule has 1 aliphatic heterocycles. The van der Waals surface area contributed by atoms with Crippen molar-refractivity contribution >= 4 is 0 Å². The molecule has 0 amide bonds. The molecule has 96 valence electrons. The zero-order chi connectivity index (χ0) is 12.0. The first-order valence-corrected chi connectivity index (χ1v) is 6.69. The first kappa shape index (κ1) is 13.9. The zero-order valence-corrected chi connectivity index (χ0v) is 11.3. The second kappa shape index (κ2) is 7.25. The molecule has 0 aromatic heterocycles. The number of rotatable bonds is 4. The summed E-state index contributed by atoms with van der Waals surface area (Å²) in [6, 6.07) is 0.646. The summed E-state index contributed by atoms with van der Waals surface area (Å²) >= 11 is 0. The number of hydrogen-bond acceptors (Lipinski definition) is 3. The zero-order valence-electron chi connectivity index (χ0n) is 11.3. The second-order valence-corrected chi connectivity index (χ2v) is 5.23. The van der Waals surface area contributed by atoms with Gasteiger partial charge in [-0.3, -0.25) is 0 Å². The maximum Gasteiger partial charge on any atom is 0.0673 e. The lowest BCUT2D eigenvalue weighted by Crippen LogP contribution is -2.44. The molecule has 16 heavy (non-hydrogen) atoms. The van der Waals surface area contributed by atoms with Crippen molar-refractivity contribution in [2.24, 2.45) is 5.92 Å². The summed E-state index contributed by atoms with van der Waals surface area (Å²) in [7, 11) is 0. The van der Waals surface area contributed by atoms with Crippen LogP contribution in [0, 0.1) is 5.92 Å². The van der Waals surface area contributed by atoms with Gasteiger partial charge in [0.15, 0.2) is 0 Å². The Bertz CT molecular complexity index is 187. The van der Waals surface area contributed by atoms with E-state index in [1.54, 1.807) is 0 Å². The van der Waals surface area contributed by atoms with E-state index in [0.29, 0.717) is 12.1 Å². The lowest BCUT2D eigenvalue weighted by Gasteiger charge is -2.32. The fraction of sp³-hybridized carbons (Fsp3) is 1.00. The molecule has 1 fully saturated rings. The van der Waals surface area contributed by atoms with E-state index < -0.39 is 0 Å². The molecule has 3 heteroatoms. The van der Waals surface area contributed by atoms with Gasteiger partial charge in [-0.25, -0.2) is 0 Å². The van der Waals surface area contributed by atoms with E-state index in [2.05, 4.69) is 37.9 Å². The summed E-state index contributed by atoms with van der Waals surface area (Å²) in [6.45, 7) is 14.3. The molecular formula is C13H28N2O. The first-order chi connectivity index (χ1) is 7.61. The highest BCUT2D eigenvalue weighted by Gasteiger charge is 2.17. The van der Waals surface area contributed by atoms with Crippen LogP contribution in [0.25, 0.3) is 0 Å². The lowest BCUT2D eigenvalue weighted by molar-refractivity contribution is 0.0391. The molecule has 3 nitrogen and oxygen atoms in total. The minimum Gasteiger partial charge on any atom is -0.377 e. The van der Waals surface area contributed by atoms with Crippen molar-refractivity contribution in [2.45, 2.75) is 46.3 Å². The van der Waals surface area contributed by atoms with Crippen LogP contribution in [-0.4, -0.2) is 49.8 Å². The van der Waals surface area contributed by atoms with Gasteiger partial charge in [0.25, 0.3) is 0 Å². The molecule has 1 saturated heterocycles. The van der Waals surface area contributed by atoms with E-state index in [0.717, 1.165) is 25.6 Å². The van der Waals surface area contributed by atoms with Gasteiger partial charge in [-0.05, 0) is 46.2 Å². The van der Waals surface area contributed by atoms with Crippen LogP contribution in [0.4, 0.5) is 0 Å². The van der Waals surface area contributed by atoms with Crippen LogP contribution in [0.15, 0.2) is 0 Å². The van der Waals surface area contributed by atoms with Gasteiger partial charge in [0.05, 0.1) is 6.10 Å². The van der Waals surface area contributed by atoms with Gasteiger partial charge in [-0.1, -0.05) is 6.92 Å². The highest BCUT2D eigenvalue weighted by molar-refractivity contribution is 4.74. The number of nitrogens with zero attached hydrogens (tertiary/aromatic N) is 1. The molecule has 1 aliphatic rings. The molecule has 0 bridgehead atoms. The smallest absolute Gasteiger partial charge is 0.0673 e. The van der Waals surface area contributed by atoms with Gasteiger partial charge in [0.1, 0.15) is 0 Å². The molecule has 0 aliphatic carbocycles. The van der Waals surface area contributed by atoms with Gasteiger partial charge in [-0.2, -0.15) is 0 Å². The number of hydrogen-bond donors (Lipinski definition) is 1. The largest absolute Gasteiger partial charge is 0.377 e. The molecule has 0 saturated carbocycles. The molecule has 0 aromatic carbocycles. The third-order valence-corrected chi connectivity index (χ3v) is 3.23. The first-order valence-electron chi connectivity index (χ1n) is 6.69.